The molecule has 0 fully saturated rings. The summed E-state index contributed by atoms with van der Waals surface area (Å²) in [5.74, 6) is -0.285. The number of hydrogen-bond donors (Lipinski definition) is 0. The lowest BCUT2D eigenvalue weighted by Gasteiger charge is -2.30. The quantitative estimate of drug-likeness (QED) is 0.480. The molecule has 2 atom stereocenters. The van der Waals surface area contributed by atoms with E-state index in [0.29, 0.717) is 17.5 Å². The van der Waals surface area contributed by atoms with Crippen LogP contribution in [0.2, 0.25) is 0 Å². The number of rotatable bonds is 8. The standard InChI is InChI=1S/C18H30O5P/c1-13(10-17(2,3)4)12-24(20)16(19)14-8-9-18(22-6,23-7)11-15(14)21-5/h8-9,13H,10-12H2,1-7H3/q+1. The first kappa shape index (κ1) is 21.0. The lowest BCUT2D eigenvalue weighted by Crippen LogP contribution is -2.34. The van der Waals surface area contributed by atoms with Crippen LogP contribution in [0.5, 0.6) is 0 Å². The van der Waals surface area contributed by atoms with Crippen LogP contribution in [0.4, 0.5) is 0 Å². The zero-order valence-corrected chi connectivity index (χ0v) is 16.7. The van der Waals surface area contributed by atoms with Gasteiger partial charge in [-0.05, 0) is 24.0 Å². The van der Waals surface area contributed by atoms with E-state index in [1.165, 1.54) is 21.3 Å². The van der Waals surface area contributed by atoms with Crippen molar-refractivity contribution in [3.05, 3.63) is 23.5 Å². The van der Waals surface area contributed by atoms with Crippen molar-refractivity contribution >= 4 is 13.3 Å². The summed E-state index contributed by atoms with van der Waals surface area (Å²) >= 11 is 0. The molecule has 24 heavy (non-hydrogen) atoms. The molecule has 1 aliphatic carbocycles. The number of carbonyl (C=O) groups excluding carboxylic acids is 1. The van der Waals surface area contributed by atoms with Crippen LogP contribution in [0.1, 0.15) is 40.5 Å². The number of carbonyl (C=O) groups is 1. The first-order valence-electron chi connectivity index (χ1n) is 8.13. The molecular weight excluding hydrogens is 327 g/mol. The van der Waals surface area contributed by atoms with Gasteiger partial charge in [0, 0.05) is 20.1 Å². The van der Waals surface area contributed by atoms with E-state index in [2.05, 4.69) is 20.8 Å². The minimum absolute atomic E-state index is 0.150. The third-order valence-corrected chi connectivity index (χ3v) is 5.69. The Morgan fingerprint density at radius 1 is 1.29 bits per heavy atom. The lowest BCUT2D eigenvalue weighted by molar-refractivity contribution is -0.174. The van der Waals surface area contributed by atoms with Gasteiger partial charge in [0.15, 0.2) is 11.9 Å². The SMILES string of the molecule is COC1=C(C(=O)[P+](=O)CC(C)CC(C)(C)C)C=CC(OC)(OC)C1. The number of allylic oxidation sites excluding steroid dienone is 2. The first-order chi connectivity index (χ1) is 11.1. The molecule has 0 aromatic carbocycles. The molecule has 6 heteroatoms. The number of ether oxygens (including phenoxy) is 3. The molecule has 136 valence electrons. The number of methoxy groups -OCH3 is 3. The fourth-order valence-electron chi connectivity index (χ4n) is 3.03. The molecule has 0 bridgehead atoms. The van der Waals surface area contributed by atoms with E-state index in [1.807, 2.05) is 6.92 Å². The first-order valence-corrected chi connectivity index (χ1v) is 9.57. The summed E-state index contributed by atoms with van der Waals surface area (Å²) < 4.78 is 28.6. The highest BCUT2D eigenvalue weighted by atomic mass is 31.1. The van der Waals surface area contributed by atoms with Crippen molar-refractivity contribution in [2.45, 2.75) is 46.3 Å². The van der Waals surface area contributed by atoms with E-state index in [0.717, 1.165) is 6.42 Å². The molecule has 1 aliphatic rings. The average Bonchev–Trinajstić information content (AvgIpc) is 2.51. The van der Waals surface area contributed by atoms with Gasteiger partial charge in [0.2, 0.25) is 0 Å². The molecule has 0 radical (unpaired) electrons. The third kappa shape index (κ3) is 5.51. The van der Waals surface area contributed by atoms with Crippen LogP contribution in [0.15, 0.2) is 23.5 Å². The van der Waals surface area contributed by atoms with E-state index in [-0.39, 0.29) is 23.3 Å². The second kappa shape index (κ2) is 8.37. The summed E-state index contributed by atoms with van der Waals surface area (Å²) in [6, 6.07) is 0. The Bertz CT molecular complexity index is 538. The molecule has 0 spiro atoms. The van der Waals surface area contributed by atoms with Crippen molar-refractivity contribution in [3.8, 4) is 0 Å². The van der Waals surface area contributed by atoms with Gasteiger partial charge in [0.25, 0.3) is 0 Å². The Morgan fingerprint density at radius 3 is 2.33 bits per heavy atom. The van der Waals surface area contributed by atoms with Crippen molar-refractivity contribution in [1.82, 2.24) is 0 Å². The lowest BCUT2D eigenvalue weighted by atomic mass is 9.86. The Labute approximate surface area is 146 Å². The molecule has 2 unspecified atom stereocenters. The molecule has 0 aromatic rings. The average molecular weight is 357 g/mol. The molecule has 0 saturated carbocycles. The predicted octanol–water partition coefficient (Wildman–Crippen LogP) is 4.26. The van der Waals surface area contributed by atoms with Crippen molar-refractivity contribution in [2.75, 3.05) is 27.5 Å². The van der Waals surface area contributed by atoms with Crippen LogP contribution in [0.25, 0.3) is 0 Å². The summed E-state index contributed by atoms with van der Waals surface area (Å²) in [5.41, 5.74) is 0.141. The van der Waals surface area contributed by atoms with E-state index < -0.39 is 13.6 Å². The topological polar surface area (TPSA) is 61.8 Å². The highest BCUT2D eigenvalue weighted by Gasteiger charge is 2.40. The fraction of sp³-hybridized carbons (Fsp3) is 0.722. The predicted molar refractivity (Wildman–Crippen MR) is 95.3 cm³/mol. The van der Waals surface area contributed by atoms with Crippen molar-refractivity contribution in [1.29, 1.82) is 0 Å². The molecule has 1 rings (SSSR count). The summed E-state index contributed by atoms with van der Waals surface area (Å²) in [6.45, 7) is 8.46. The summed E-state index contributed by atoms with van der Waals surface area (Å²) in [7, 11) is 2.57. The van der Waals surface area contributed by atoms with Crippen LogP contribution in [0, 0.1) is 11.3 Å². The van der Waals surface area contributed by atoms with Gasteiger partial charge in [0.05, 0.1) is 13.5 Å². The monoisotopic (exact) mass is 357 g/mol. The van der Waals surface area contributed by atoms with Gasteiger partial charge in [-0.1, -0.05) is 32.3 Å². The zero-order valence-electron chi connectivity index (χ0n) is 15.8. The van der Waals surface area contributed by atoms with Gasteiger partial charge in [-0.2, -0.15) is 0 Å². The smallest absolute Gasteiger partial charge is 0.420 e. The van der Waals surface area contributed by atoms with E-state index in [1.54, 1.807) is 12.2 Å². The summed E-state index contributed by atoms with van der Waals surface area (Å²) in [4.78, 5) is 12.6. The van der Waals surface area contributed by atoms with Crippen LogP contribution in [-0.2, 0) is 23.6 Å². The zero-order chi connectivity index (χ0) is 18.5. The second-order valence-electron chi connectivity index (χ2n) is 7.51. The molecule has 0 heterocycles. The largest absolute Gasteiger partial charge is 0.500 e. The maximum absolute atomic E-state index is 12.6. The third-order valence-electron chi connectivity index (χ3n) is 4.04. The molecule has 0 amide bonds. The van der Waals surface area contributed by atoms with Crippen LogP contribution < -0.4 is 0 Å². The summed E-state index contributed by atoms with van der Waals surface area (Å²) in [5, 5.41) is 0. The Balaban J connectivity index is 2.88. The minimum Gasteiger partial charge on any atom is -0.500 e. The van der Waals surface area contributed by atoms with E-state index in [9.17, 15) is 9.36 Å². The molecular formula is C18H30O5P+. The van der Waals surface area contributed by atoms with Crippen LogP contribution >= 0.6 is 7.80 Å². The van der Waals surface area contributed by atoms with Crippen LogP contribution in [-0.4, -0.2) is 38.8 Å². The Kier molecular flexibility index (Phi) is 7.33. The molecule has 0 N–H and O–H groups in total. The van der Waals surface area contributed by atoms with Gasteiger partial charge in [-0.15, -0.1) is 0 Å². The minimum atomic E-state index is -1.99. The second-order valence-corrected chi connectivity index (χ2v) is 9.04. The highest BCUT2D eigenvalue weighted by molar-refractivity contribution is 7.64. The Morgan fingerprint density at radius 2 is 1.88 bits per heavy atom. The van der Waals surface area contributed by atoms with Crippen molar-refractivity contribution in [2.24, 2.45) is 11.3 Å². The van der Waals surface area contributed by atoms with Gasteiger partial charge < -0.3 is 14.2 Å². The molecule has 5 nitrogen and oxygen atoms in total. The molecule has 0 aromatic heterocycles. The maximum Gasteiger partial charge on any atom is 0.420 e. The normalized spacial score (nSPS) is 19.2. The highest BCUT2D eigenvalue weighted by Crippen LogP contribution is 2.38. The van der Waals surface area contributed by atoms with Gasteiger partial charge in [0.1, 0.15) is 11.3 Å². The van der Waals surface area contributed by atoms with Crippen molar-refractivity contribution in [3.63, 3.8) is 0 Å². The molecule has 0 aliphatic heterocycles. The van der Waals surface area contributed by atoms with E-state index in [4.69, 9.17) is 14.2 Å². The van der Waals surface area contributed by atoms with E-state index >= 15 is 0 Å². The fourth-order valence-corrected chi connectivity index (χ4v) is 4.36. The van der Waals surface area contributed by atoms with Gasteiger partial charge in [-0.25, -0.2) is 4.79 Å². The van der Waals surface area contributed by atoms with Gasteiger partial charge in [-0.3, -0.25) is 0 Å². The van der Waals surface area contributed by atoms with Gasteiger partial charge >= 0.3 is 13.3 Å². The number of hydrogen-bond acceptors (Lipinski definition) is 5. The summed E-state index contributed by atoms with van der Waals surface area (Å²) in [6.07, 6.45) is 4.85. The maximum atomic E-state index is 12.6. The van der Waals surface area contributed by atoms with Crippen LogP contribution in [0.3, 0.4) is 0 Å². The Hall–Kier alpha value is -1.03. The van der Waals surface area contributed by atoms with Crippen molar-refractivity contribution < 1.29 is 23.6 Å². The molecule has 0 saturated heterocycles.